The van der Waals surface area contributed by atoms with Crippen LogP contribution in [0.2, 0.25) is 0 Å². The lowest BCUT2D eigenvalue weighted by atomic mass is 10.1. The Labute approximate surface area is 140 Å². The highest BCUT2D eigenvalue weighted by Crippen LogP contribution is 2.33. The standard InChI is InChI=1S/C15H13BrN2O5/c1-22-12-4-10(15(20)21)11(5-13(12)23-2)18-14(19)8-3-9(16)7-17-6-8/h3-7H,1-2H3,(H,18,19)(H,20,21). The lowest BCUT2D eigenvalue weighted by Gasteiger charge is -2.13. The zero-order chi connectivity index (χ0) is 17.0. The van der Waals surface area contributed by atoms with Crippen molar-refractivity contribution in [2.24, 2.45) is 0 Å². The van der Waals surface area contributed by atoms with Crippen molar-refractivity contribution in [3.05, 3.63) is 46.2 Å². The van der Waals surface area contributed by atoms with Gasteiger partial charge in [-0.2, -0.15) is 0 Å². The summed E-state index contributed by atoms with van der Waals surface area (Å²) >= 11 is 3.22. The quantitative estimate of drug-likeness (QED) is 0.827. The van der Waals surface area contributed by atoms with E-state index in [2.05, 4.69) is 26.2 Å². The molecule has 8 heteroatoms. The molecule has 0 fully saturated rings. The topological polar surface area (TPSA) is 97.8 Å². The number of carbonyl (C=O) groups excluding carboxylic acids is 1. The summed E-state index contributed by atoms with van der Waals surface area (Å²) in [4.78, 5) is 27.5. The average Bonchev–Trinajstić information content (AvgIpc) is 2.54. The first kappa shape index (κ1) is 16.8. The number of halogens is 1. The first-order valence-electron chi connectivity index (χ1n) is 6.37. The summed E-state index contributed by atoms with van der Waals surface area (Å²) in [6.45, 7) is 0. The molecule has 0 aliphatic heterocycles. The van der Waals surface area contributed by atoms with E-state index in [1.807, 2.05) is 0 Å². The third kappa shape index (κ3) is 3.78. The molecule has 1 aromatic carbocycles. The third-order valence-electron chi connectivity index (χ3n) is 2.97. The number of carboxylic acid groups (broad SMARTS) is 1. The molecular weight excluding hydrogens is 368 g/mol. The molecule has 0 unspecified atom stereocenters. The van der Waals surface area contributed by atoms with E-state index in [9.17, 15) is 14.7 Å². The molecule has 7 nitrogen and oxygen atoms in total. The first-order valence-corrected chi connectivity index (χ1v) is 7.16. The molecule has 1 amide bonds. The minimum absolute atomic E-state index is 0.0973. The Hall–Kier alpha value is -2.61. The van der Waals surface area contributed by atoms with Crippen LogP contribution in [0.1, 0.15) is 20.7 Å². The number of amides is 1. The molecule has 0 saturated heterocycles. The third-order valence-corrected chi connectivity index (χ3v) is 3.40. The summed E-state index contributed by atoms with van der Waals surface area (Å²) < 4.78 is 10.8. The lowest BCUT2D eigenvalue weighted by Crippen LogP contribution is -2.15. The number of pyridine rings is 1. The Morgan fingerprint density at radius 3 is 2.35 bits per heavy atom. The van der Waals surface area contributed by atoms with Gasteiger partial charge in [0, 0.05) is 29.0 Å². The second kappa shape index (κ2) is 7.10. The van der Waals surface area contributed by atoms with Crippen molar-refractivity contribution in [2.45, 2.75) is 0 Å². The molecule has 0 atom stereocenters. The summed E-state index contributed by atoms with van der Waals surface area (Å²) in [5, 5.41) is 11.9. The predicted molar refractivity (Wildman–Crippen MR) is 86.4 cm³/mol. The molecule has 120 valence electrons. The lowest BCUT2D eigenvalue weighted by molar-refractivity contribution is 0.0697. The molecule has 1 heterocycles. The van der Waals surface area contributed by atoms with Crippen molar-refractivity contribution in [3.8, 4) is 11.5 Å². The zero-order valence-corrected chi connectivity index (χ0v) is 13.9. The van der Waals surface area contributed by atoms with E-state index in [0.717, 1.165) is 0 Å². The van der Waals surface area contributed by atoms with Crippen LogP contribution >= 0.6 is 15.9 Å². The number of nitrogens with one attached hydrogen (secondary N) is 1. The summed E-state index contributed by atoms with van der Waals surface area (Å²) in [7, 11) is 2.82. The van der Waals surface area contributed by atoms with Gasteiger partial charge in [-0.05, 0) is 22.0 Å². The van der Waals surface area contributed by atoms with Gasteiger partial charge in [0.05, 0.1) is 31.0 Å². The fourth-order valence-electron chi connectivity index (χ4n) is 1.89. The average molecular weight is 381 g/mol. The SMILES string of the molecule is COc1cc(NC(=O)c2cncc(Br)c2)c(C(=O)O)cc1OC. The van der Waals surface area contributed by atoms with Crippen LogP contribution in [0.15, 0.2) is 35.1 Å². The molecule has 2 aromatic rings. The number of nitrogens with zero attached hydrogens (tertiary/aromatic N) is 1. The number of aromatic carboxylic acids is 1. The van der Waals surface area contributed by atoms with Gasteiger partial charge in [0.2, 0.25) is 0 Å². The Balaban J connectivity index is 2.41. The molecule has 0 saturated carbocycles. The number of anilines is 1. The Bertz CT molecular complexity index is 764. The molecule has 1 aromatic heterocycles. The number of methoxy groups -OCH3 is 2. The van der Waals surface area contributed by atoms with E-state index in [1.54, 1.807) is 6.07 Å². The molecule has 0 aliphatic carbocycles. The number of rotatable bonds is 5. The van der Waals surface area contributed by atoms with Crippen LogP contribution in [0.5, 0.6) is 11.5 Å². The smallest absolute Gasteiger partial charge is 0.337 e. The zero-order valence-electron chi connectivity index (χ0n) is 12.3. The maximum absolute atomic E-state index is 12.3. The molecule has 0 spiro atoms. The predicted octanol–water partition coefficient (Wildman–Crippen LogP) is 2.81. The Morgan fingerprint density at radius 2 is 1.78 bits per heavy atom. The number of benzene rings is 1. The Morgan fingerprint density at radius 1 is 1.13 bits per heavy atom. The maximum Gasteiger partial charge on any atom is 0.337 e. The fourth-order valence-corrected chi connectivity index (χ4v) is 2.25. The Kier molecular flexibility index (Phi) is 5.17. The number of hydrogen-bond donors (Lipinski definition) is 2. The van der Waals surface area contributed by atoms with Gasteiger partial charge in [0.1, 0.15) is 0 Å². The van der Waals surface area contributed by atoms with Gasteiger partial charge in [-0.25, -0.2) is 4.79 Å². The van der Waals surface area contributed by atoms with E-state index in [4.69, 9.17) is 9.47 Å². The van der Waals surface area contributed by atoms with E-state index in [1.165, 1.54) is 38.7 Å². The summed E-state index contributed by atoms with van der Waals surface area (Å²) in [5.41, 5.74) is 0.268. The second-order valence-corrected chi connectivity index (χ2v) is 5.32. The van der Waals surface area contributed by atoms with Gasteiger partial charge in [-0.15, -0.1) is 0 Å². The number of ether oxygens (including phenoxy) is 2. The van der Waals surface area contributed by atoms with Crippen molar-refractivity contribution in [3.63, 3.8) is 0 Å². The molecule has 0 aliphatic rings. The van der Waals surface area contributed by atoms with E-state index in [0.29, 0.717) is 10.2 Å². The van der Waals surface area contributed by atoms with Gasteiger partial charge >= 0.3 is 5.97 Å². The van der Waals surface area contributed by atoms with E-state index >= 15 is 0 Å². The summed E-state index contributed by atoms with van der Waals surface area (Å²) in [6, 6.07) is 4.26. The van der Waals surface area contributed by atoms with Crippen LogP contribution < -0.4 is 14.8 Å². The van der Waals surface area contributed by atoms with E-state index < -0.39 is 11.9 Å². The number of hydrogen-bond acceptors (Lipinski definition) is 5. The monoisotopic (exact) mass is 380 g/mol. The molecule has 2 rings (SSSR count). The van der Waals surface area contributed by atoms with Gasteiger partial charge in [-0.1, -0.05) is 0 Å². The normalized spacial score (nSPS) is 10.0. The minimum atomic E-state index is -1.20. The van der Waals surface area contributed by atoms with Crippen LogP contribution in [-0.2, 0) is 0 Å². The van der Waals surface area contributed by atoms with Crippen LogP contribution in [0, 0.1) is 0 Å². The largest absolute Gasteiger partial charge is 0.493 e. The maximum atomic E-state index is 12.3. The van der Waals surface area contributed by atoms with Gasteiger partial charge in [-0.3, -0.25) is 9.78 Å². The molecule has 23 heavy (non-hydrogen) atoms. The van der Waals surface area contributed by atoms with Gasteiger partial charge in [0.25, 0.3) is 5.91 Å². The number of carbonyl (C=O) groups is 2. The fraction of sp³-hybridized carbons (Fsp3) is 0.133. The number of carboxylic acids is 1. The highest BCUT2D eigenvalue weighted by molar-refractivity contribution is 9.10. The van der Waals surface area contributed by atoms with Crippen molar-refractivity contribution in [1.29, 1.82) is 0 Å². The van der Waals surface area contributed by atoms with Gasteiger partial charge < -0.3 is 19.9 Å². The molecule has 0 bridgehead atoms. The molecular formula is C15H13BrN2O5. The van der Waals surface area contributed by atoms with Crippen LogP contribution in [0.25, 0.3) is 0 Å². The van der Waals surface area contributed by atoms with Crippen molar-refractivity contribution < 1.29 is 24.2 Å². The van der Waals surface area contributed by atoms with Gasteiger partial charge in [0.15, 0.2) is 11.5 Å². The first-order chi connectivity index (χ1) is 11.0. The van der Waals surface area contributed by atoms with E-state index in [-0.39, 0.29) is 22.6 Å². The van der Waals surface area contributed by atoms with Crippen molar-refractivity contribution in [1.82, 2.24) is 4.98 Å². The number of aromatic nitrogens is 1. The van der Waals surface area contributed by atoms with Crippen molar-refractivity contribution >= 4 is 33.5 Å². The highest BCUT2D eigenvalue weighted by Gasteiger charge is 2.18. The van der Waals surface area contributed by atoms with Crippen LogP contribution in [0.4, 0.5) is 5.69 Å². The highest BCUT2D eigenvalue weighted by atomic mass is 79.9. The van der Waals surface area contributed by atoms with Crippen LogP contribution in [-0.4, -0.2) is 36.2 Å². The minimum Gasteiger partial charge on any atom is -0.493 e. The molecule has 0 radical (unpaired) electrons. The molecule has 2 N–H and O–H groups in total. The summed E-state index contributed by atoms with van der Waals surface area (Å²) in [5.74, 6) is -1.13. The van der Waals surface area contributed by atoms with Crippen molar-refractivity contribution in [2.75, 3.05) is 19.5 Å². The second-order valence-electron chi connectivity index (χ2n) is 4.40. The summed E-state index contributed by atoms with van der Waals surface area (Å²) in [6.07, 6.45) is 2.91. The van der Waals surface area contributed by atoms with Crippen LogP contribution in [0.3, 0.4) is 0 Å².